The molecule has 0 aliphatic carbocycles. The average Bonchev–Trinajstić information content (AvgIpc) is 3.00. The van der Waals surface area contributed by atoms with Gasteiger partial charge in [0, 0.05) is 0 Å². The van der Waals surface area contributed by atoms with Crippen LogP contribution in [-0.4, -0.2) is 10.1 Å². The van der Waals surface area contributed by atoms with E-state index < -0.39 is 0 Å². The van der Waals surface area contributed by atoms with Gasteiger partial charge in [0.1, 0.15) is 11.3 Å². The number of hydrogen-bond donors (Lipinski definition) is 1. The van der Waals surface area contributed by atoms with Gasteiger partial charge < -0.3 is 9.52 Å². The maximum atomic E-state index is 10.0. The van der Waals surface area contributed by atoms with E-state index in [-0.39, 0.29) is 5.75 Å². The Bertz CT molecular complexity index is 1150. The Morgan fingerprint density at radius 1 is 0.708 bits per heavy atom. The van der Waals surface area contributed by atoms with E-state index >= 15 is 0 Å². The Morgan fingerprint density at radius 2 is 1.38 bits per heavy atom. The van der Waals surface area contributed by atoms with Crippen LogP contribution in [0.25, 0.3) is 44.1 Å². The molecule has 0 aliphatic heterocycles. The minimum absolute atomic E-state index is 0.166. The van der Waals surface area contributed by atoms with E-state index in [2.05, 4.69) is 29.2 Å². The smallest absolute Gasteiger partial charge is 0.231 e. The second kappa shape index (κ2) is 4.83. The molecule has 0 amide bonds. The first kappa shape index (κ1) is 13.1. The van der Waals surface area contributed by atoms with Crippen LogP contribution in [0.4, 0.5) is 0 Å². The van der Waals surface area contributed by atoms with Gasteiger partial charge in [-0.05, 0) is 57.9 Å². The first-order valence-electron chi connectivity index (χ1n) is 7.79. The van der Waals surface area contributed by atoms with Crippen molar-refractivity contribution in [3.63, 3.8) is 0 Å². The molecule has 1 aromatic heterocycles. The molecule has 3 nitrogen and oxygen atoms in total. The van der Waals surface area contributed by atoms with Gasteiger partial charge in [-0.2, -0.15) is 0 Å². The summed E-state index contributed by atoms with van der Waals surface area (Å²) in [6, 6.07) is 23.7. The SMILES string of the molecule is Oc1ccccc1-c1nc2cc3cc4ccccc4cc3cc2o1. The maximum Gasteiger partial charge on any atom is 0.231 e. The first-order chi connectivity index (χ1) is 11.8. The lowest BCUT2D eigenvalue weighted by atomic mass is 10.0. The van der Waals surface area contributed by atoms with Crippen LogP contribution in [0.15, 0.2) is 77.2 Å². The van der Waals surface area contributed by atoms with E-state index in [1.54, 1.807) is 18.2 Å². The minimum atomic E-state index is 0.166. The number of nitrogens with zero attached hydrogens (tertiary/aromatic N) is 1. The fraction of sp³-hybridized carbons (Fsp3) is 0. The van der Waals surface area contributed by atoms with Crippen molar-refractivity contribution in [3.8, 4) is 17.2 Å². The number of oxazole rings is 1. The van der Waals surface area contributed by atoms with Crippen molar-refractivity contribution < 1.29 is 9.52 Å². The molecule has 0 unspecified atom stereocenters. The van der Waals surface area contributed by atoms with Gasteiger partial charge in [-0.25, -0.2) is 4.98 Å². The third-order valence-corrected chi connectivity index (χ3v) is 4.35. The van der Waals surface area contributed by atoms with Crippen LogP contribution in [-0.2, 0) is 0 Å². The van der Waals surface area contributed by atoms with Crippen molar-refractivity contribution in [2.24, 2.45) is 0 Å². The topological polar surface area (TPSA) is 46.3 Å². The molecule has 24 heavy (non-hydrogen) atoms. The summed E-state index contributed by atoms with van der Waals surface area (Å²) in [4.78, 5) is 4.55. The number of aromatic hydroxyl groups is 1. The molecular formula is C21H13NO2. The van der Waals surface area contributed by atoms with Gasteiger partial charge in [0.25, 0.3) is 0 Å². The summed E-state index contributed by atoms with van der Waals surface area (Å²) in [5, 5.41) is 14.6. The maximum absolute atomic E-state index is 10.0. The van der Waals surface area contributed by atoms with Crippen molar-refractivity contribution >= 4 is 32.6 Å². The Labute approximate surface area is 137 Å². The van der Waals surface area contributed by atoms with Gasteiger partial charge >= 0.3 is 0 Å². The summed E-state index contributed by atoms with van der Waals surface area (Å²) in [6.45, 7) is 0. The second-order valence-corrected chi connectivity index (χ2v) is 5.90. The Kier molecular flexibility index (Phi) is 2.65. The summed E-state index contributed by atoms with van der Waals surface area (Å²) in [5.41, 5.74) is 2.11. The Morgan fingerprint density at radius 3 is 2.12 bits per heavy atom. The van der Waals surface area contributed by atoms with Gasteiger partial charge in [0.05, 0.1) is 5.56 Å². The number of phenolic OH excluding ortho intramolecular Hbond substituents is 1. The van der Waals surface area contributed by atoms with Crippen LogP contribution in [0.5, 0.6) is 5.75 Å². The van der Waals surface area contributed by atoms with Gasteiger partial charge in [-0.15, -0.1) is 0 Å². The molecule has 0 fully saturated rings. The molecule has 3 heteroatoms. The number of fused-ring (bicyclic) bond motifs is 3. The summed E-state index contributed by atoms with van der Waals surface area (Å²) in [6.07, 6.45) is 0. The minimum Gasteiger partial charge on any atom is -0.507 e. The number of hydrogen-bond acceptors (Lipinski definition) is 3. The molecule has 0 atom stereocenters. The summed E-state index contributed by atoms with van der Waals surface area (Å²) in [7, 11) is 0. The fourth-order valence-electron chi connectivity index (χ4n) is 3.13. The monoisotopic (exact) mass is 311 g/mol. The highest BCUT2D eigenvalue weighted by atomic mass is 16.3. The molecule has 0 spiro atoms. The molecule has 0 radical (unpaired) electrons. The molecule has 0 aliphatic rings. The molecular weight excluding hydrogens is 298 g/mol. The lowest BCUT2D eigenvalue weighted by Crippen LogP contribution is -1.78. The number of rotatable bonds is 1. The predicted octanol–water partition coefficient (Wildman–Crippen LogP) is 5.51. The number of para-hydroxylation sites is 1. The summed E-state index contributed by atoms with van der Waals surface area (Å²) >= 11 is 0. The van der Waals surface area contributed by atoms with E-state index in [1.807, 2.05) is 30.3 Å². The van der Waals surface area contributed by atoms with Gasteiger partial charge in [-0.3, -0.25) is 0 Å². The van der Waals surface area contributed by atoms with E-state index in [1.165, 1.54) is 10.8 Å². The standard InChI is InChI=1S/C21H13NO2/c23-19-8-4-3-7-17(19)21-22-18-11-15-9-13-5-1-2-6-14(13)10-16(15)12-20(18)24-21/h1-12,23H. The normalized spacial score (nSPS) is 11.5. The molecule has 114 valence electrons. The first-order valence-corrected chi connectivity index (χ1v) is 7.79. The number of benzene rings is 4. The molecule has 5 rings (SSSR count). The molecule has 1 N–H and O–H groups in total. The van der Waals surface area contributed by atoms with E-state index in [4.69, 9.17) is 4.42 Å². The van der Waals surface area contributed by atoms with Crippen molar-refractivity contribution in [2.75, 3.05) is 0 Å². The predicted molar refractivity (Wildman–Crippen MR) is 96.1 cm³/mol. The highest BCUT2D eigenvalue weighted by Crippen LogP contribution is 2.33. The largest absolute Gasteiger partial charge is 0.507 e. The van der Waals surface area contributed by atoms with Crippen LogP contribution in [0.3, 0.4) is 0 Å². The van der Waals surface area contributed by atoms with Crippen LogP contribution < -0.4 is 0 Å². The number of aromatic nitrogens is 1. The zero-order valence-electron chi connectivity index (χ0n) is 12.7. The quantitative estimate of drug-likeness (QED) is 0.415. The van der Waals surface area contributed by atoms with Crippen molar-refractivity contribution in [1.29, 1.82) is 0 Å². The molecule has 5 aromatic rings. The van der Waals surface area contributed by atoms with Crippen LogP contribution in [0.1, 0.15) is 0 Å². The zero-order valence-corrected chi connectivity index (χ0v) is 12.7. The molecule has 4 aromatic carbocycles. The Hall–Kier alpha value is -3.33. The van der Waals surface area contributed by atoms with Crippen LogP contribution in [0, 0.1) is 0 Å². The van der Waals surface area contributed by atoms with E-state index in [0.29, 0.717) is 11.5 Å². The summed E-state index contributed by atoms with van der Waals surface area (Å²) in [5.74, 6) is 0.599. The van der Waals surface area contributed by atoms with Gasteiger partial charge in [0.15, 0.2) is 5.58 Å². The fourth-order valence-corrected chi connectivity index (χ4v) is 3.13. The van der Waals surface area contributed by atoms with Gasteiger partial charge in [-0.1, -0.05) is 36.4 Å². The highest BCUT2D eigenvalue weighted by molar-refractivity contribution is 6.03. The summed E-state index contributed by atoms with van der Waals surface area (Å²) < 4.78 is 5.88. The second-order valence-electron chi connectivity index (χ2n) is 5.90. The highest BCUT2D eigenvalue weighted by Gasteiger charge is 2.12. The van der Waals surface area contributed by atoms with Crippen LogP contribution in [0.2, 0.25) is 0 Å². The molecule has 0 saturated heterocycles. The Balaban J connectivity index is 1.78. The third-order valence-electron chi connectivity index (χ3n) is 4.35. The lowest BCUT2D eigenvalue weighted by molar-refractivity contribution is 0.474. The van der Waals surface area contributed by atoms with E-state index in [9.17, 15) is 5.11 Å². The average molecular weight is 311 g/mol. The van der Waals surface area contributed by atoms with Crippen molar-refractivity contribution in [1.82, 2.24) is 4.98 Å². The van der Waals surface area contributed by atoms with Crippen LogP contribution >= 0.6 is 0 Å². The third kappa shape index (κ3) is 1.95. The molecule has 0 saturated carbocycles. The molecule has 0 bridgehead atoms. The van der Waals surface area contributed by atoms with Crippen molar-refractivity contribution in [3.05, 3.63) is 72.8 Å². The zero-order chi connectivity index (χ0) is 16.1. The van der Waals surface area contributed by atoms with E-state index in [0.717, 1.165) is 21.9 Å². The van der Waals surface area contributed by atoms with Gasteiger partial charge in [0.2, 0.25) is 5.89 Å². The lowest BCUT2D eigenvalue weighted by Gasteiger charge is -2.01. The van der Waals surface area contributed by atoms with Crippen molar-refractivity contribution in [2.45, 2.75) is 0 Å². The number of phenols is 1. The molecule has 1 heterocycles.